The van der Waals surface area contributed by atoms with Crippen molar-refractivity contribution in [1.29, 1.82) is 0 Å². The van der Waals surface area contributed by atoms with Crippen LogP contribution in [0.1, 0.15) is 30.5 Å². The zero-order chi connectivity index (χ0) is 14.5. The summed E-state index contributed by atoms with van der Waals surface area (Å²) in [5.74, 6) is -2.75. The van der Waals surface area contributed by atoms with E-state index in [4.69, 9.17) is 4.74 Å². The molecule has 0 N–H and O–H groups in total. The van der Waals surface area contributed by atoms with Crippen LogP contribution in [0.4, 0.5) is 8.78 Å². The third-order valence-electron chi connectivity index (χ3n) is 3.08. The Balaban J connectivity index is 0.000000861. The molecule has 0 radical (unpaired) electrons. The SMILES string of the molecule is CC.COCCN1Cc2cc(C)ccc2C(F)(F)C1. The molecule has 0 amide bonds. The van der Waals surface area contributed by atoms with Gasteiger partial charge in [-0.2, -0.15) is 8.78 Å². The standard InChI is InChI=1S/C13H17F2NO.C2H6/c1-10-3-4-12-11(7-10)8-16(5-6-17-2)9-13(12,14)15;1-2/h3-4,7H,5-6,8-9H2,1-2H3;1-2H3. The van der Waals surface area contributed by atoms with Crippen LogP contribution in [0.25, 0.3) is 0 Å². The summed E-state index contributed by atoms with van der Waals surface area (Å²) in [5.41, 5.74) is 1.93. The van der Waals surface area contributed by atoms with Crippen LogP contribution < -0.4 is 0 Å². The summed E-state index contributed by atoms with van der Waals surface area (Å²) < 4.78 is 32.8. The Labute approximate surface area is 114 Å². The maximum atomic E-state index is 13.9. The lowest BCUT2D eigenvalue weighted by atomic mass is 9.95. The first-order chi connectivity index (χ1) is 9.03. The van der Waals surface area contributed by atoms with Gasteiger partial charge in [0.1, 0.15) is 0 Å². The molecule has 1 aromatic rings. The summed E-state index contributed by atoms with van der Waals surface area (Å²) in [6.07, 6.45) is 0. The molecule has 0 saturated carbocycles. The smallest absolute Gasteiger partial charge is 0.285 e. The van der Waals surface area contributed by atoms with E-state index in [0.29, 0.717) is 19.7 Å². The van der Waals surface area contributed by atoms with Crippen LogP contribution in [0.5, 0.6) is 0 Å². The van der Waals surface area contributed by atoms with Crippen molar-refractivity contribution < 1.29 is 13.5 Å². The number of ether oxygens (including phenoxy) is 1. The van der Waals surface area contributed by atoms with Gasteiger partial charge in [-0.25, -0.2) is 0 Å². The Morgan fingerprint density at radius 3 is 2.63 bits per heavy atom. The monoisotopic (exact) mass is 271 g/mol. The summed E-state index contributed by atoms with van der Waals surface area (Å²) in [5, 5.41) is 0. The van der Waals surface area contributed by atoms with Crippen LogP contribution in [-0.2, 0) is 17.2 Å². The van der Waals surface area contributed by atoms with Crippen LogP contribution in [0, 0.1) is 6.92 Å². The van der Waals surface area contributed by atoms with E-state index in [1.165, 1.54) is 0 Å². The Morgan fingerprint density at radius 2 is 2.00 bits per heavy atom. The van der Waals surface area contributed by atoms with E-state index >= 15 is 0 Å². The molecule has 108 valence electrons. The van der Waals surface area contributed by atoms with E-state index < -0.39 is 5.92 Å². The second kappa shape index (κ2) is 6.96. The number of nitrogens with zero attached hydrogens (tertiary/aromatic N) is 1. The molecule has 1 aliphatic heterocycles. The van der Waals surface area contributed by atoms with Crippen molar-refractivity contribution in [1.82, 2.24) is 4.90 Å². The largest absolute Gasteiger partial charge is 0.383 e. The van der Waals surface area contributed by atoms with Crippen LogP contribution in [-0.4, -0.2) is 31.7 Å². The minimum atomic E-state index is -2.75. The molecule has 1 aliphatic rings. The number of rotatable bonds is 3. The van der Waals surface area contributed by atoms with Gasteiger partial charge in [0.2, 0.25) is 0 Å². The highest BCUT2D eigenvalue weighted by Crippen LogP contribution is 2.36. The van der Waals surface area contributed by atoms with Crippen molar-refractivity contribution in [2.45, 2.75) is 33.2 Å². The second-order valence-electron chi connectivity index (χ2n) is 4.57. The summed E-state index contributed by atoms with van der Waals surface area (Å²) >= 11 is 0. The van der Waals surface area contributed by atoms with Crippen LogP contribution >= 0.6 is 0 Å². The third-order valence-corrected chi connectivity index (χ3v) is 3.08. The molecule has 19 heavy (non-hydrogen) atoms. The highest BCUT2D eigenvalue weighted by Gasteiger charge is 2.39. The number of halogens is 2. The van der Waals surface area contributed by atoms with Gasteiger partial charge in [-0.05, 0) is 12.5 Å². The number of fused-ring (bicyclic) bond motifs is 1. The van der Waals surface area contributed by atoms with E-state index in [9.17, 15) is 8.78 Å². The fraction of sp³-hybridized carbons (Fsp3) is 0.600. The Kier molecular flexibility index (Phi) is 5.88. The fourth-order valence-electron chi connectivity index (χ4n) is 2.25. The first-order valence-electron chi connectivity index (χ1n) is 6.72. The number of hydrogen-bond acceptors (Lipinski definition) is 2. The van der Waals surface area contributed by atoms with Crippen molar-refractivity contribution in [3.8, 4) is 0 Å². The van der Waals surface area contributed by atoms with Gasteiger partial charge in [0.25, 0.3) is 5.92 Å². The lowest BCUT2D eigenvalue weighted by molar-refractivity contribution is -0.0560. The zero-order valence-corrected chi connectivity index (χ0v) is 12.2. The van der Waals surface area contributed by atoms with Gasteiger partial charge in [-0.1, -0.05) is 37.6 Å². The fourth-order valence-corrected chi connectivity index (χ4v) is 2.25. The summed E-state index contributed by atoms with van der Waals surface area (Å²) in [6, 6.07) is 5.15. The molecule has 4 heteroatoms. The Morgan fingerprint density at radius 1 is 1.32 bits per heavy atom. The number of benzene rings is 1. The predicted molar refractivity (Wildman–Crippen MR) is 73.6 cm³/mol. The minimum Gasteiger partial charge on any atom is -0.383 e. The Hall–Kier alpha value is -1.00. The highest BCUT2D eigenvalue weighted by molar-refractivity contribution is 5.36. The predicted octanol–water partition coefficient (Wildman–Crippen LogP) is 3.58. The second-order valence-corrected chi connectivity index (χ2v) is 4.57. The van der Waals surface area contributed by atoms with Gasteiger partial charge in [-0.3, -0.25) is 4.90 Å². The maximum Gasteiger partial charge on any atom is 0.285 e. The molecule has 1 aromatic carbocycles. The summed E-state index contributed by atoms with van der Waals surface area (Å²) in [6.45, 7) is 7.31. The zero-order valence-electron chi connectivity index (χ0n) is 12.2. The van der Waals surface area contributed by atoms with Gasteiger partial charge in [0.05, 0.1) is 13.2 Å². The first-order valence-corrected chi connectivity index (χ1v) is 6.72. The van der Waals surface area contributed by atoms with E-state index in [1.54, 1.807) is 24.1 Å². The number of aryl methyl sites for hydroxylation is 1. The van der Waals surface area contributed by atoms with E-state index in [1.807, 2.05) is 26.8 Å². The Bertz CT molecular complexity index is 407. The number of hydrogen-bond donors (Lipinski definition) is 0. The lowest BCUT2D eigenvalue weighted by Crippen LogP contribution is -2.41. The van der Waals surface area contributed by atoms with E-state index in [-0.39, 0.29) is 12.1 Å². The van der Waals surface area contributed by atoms with Gasteiger partial charge in [0.15, 0.2) is 0 Å². The van der Waals surface area contributed by atoms with Gasteiger partial charge in [-0.15, -0.1) is 0 Å². The van der Waals surface area contributed by atoms with Crippen molar-refractivity contribution in [3.05, 3.63) is 34.9 Å². The normalized spacial score (nSPS) is 17.4. The van der Waals surface area contributed by atoms with Crippen molar-refractivity contribution in [2.24, 2.45) is 0 Å². The molecule has 0 unspecified atom stereocenters. The molecule has 0 fully saturated rings. The molecule has 0 aliphatic carbocycles. The van der Waals surface area contributed by atoms with Gasteiger partial charge >= 0.3 is 0 Å². The maximum absolute atomic E-state index is 13.9. The molecule has 0 saturated heterocycles. The molecule has 0 aromatic heterocycles. The van der Waals surface area contributed by atoms with Gasteiger partial charge < -0.3 is 4.74 Å². The number of methoxy groups -OCH3 is 1. The molecular weight excluding hydrogens is 248 g/mol. The van der Waals surface area contributed by atoms with E-state index in [0.717, 1.165) is 11.1 Å². The molecule has 0 bridgehead atoms. The van der Waals surface area contributed by atoms with E-state index in [2.05, 4.69) is 0 Å². The van der Waals surface area contributed by atoms with Crippen molar-refractivity contribution in [2.75, 3.05) is 26.8 Å². The first kappa shape index (κ1) is 16.1. The molecule has 0 spiro atoms. The summed E-state index contributed by atoms with van der Waals surface area (Å²) in [7, 11) is 1.58. The highest BCUT2D eigenvalue weighted by atomic mass is 19.3. The van der Waals surface area contributed by atoms with Crippen molar-refractivity contribution in [3.63, 3.8) is 0 Å². The molecule has 2 rings (SSSR count). The third kappa shape index (κ3) is 3.98. The topological polar surface area (TPSA) is 12.5 Å². The quantitative estimate of drug-likeness (QED) is 0.833. The van der Waals surface area contributed by atoms with Crippen LogP contribution in [0.2, 0.25) is 0 Å². The lowest BCUT2D eigenvalue weighted by Gasteiger charge is -2.34. The molecule has 2 nitrogen and oxygen atoms in total. The van der Waals surface area contributed by atoms with Crippen LogP contribution in [0.15, 0.2) is 18.2 Å². The van der Waals surface area contributed by atoms with Gasteiger partial charge in [0, 0.05) is 25.8 Å². The minimum absolute atomic E-state index is 0.178. The molecule has 1 heterocycles. The average molecular weight is 271 g/mol. The molecule has 0 atom stereocenters. The molecular formula is C15H23F2NO. The van der Waals surface area contributed by atoms with Crippen LogP contribution in [0.3, 0.4) is 0 Å². The van der Waals surface area contributed by atoms with Crippen molar-refractivity contribution >= 4 is 0 Å². The summed E-state index contributed by atoms with van der Waals surface area (Å²) in [4.78, 5) is 1.74. The number of alkyl halides is 2. The average Bonchev–Trinajstić information content (AvgIpc) is 2.37.